The molecule has 4 heteroatoms. The van der Waals surface area contributed by atoms with Crippen molar-refractivity contribution in [3.8, 4) is 0 Å². The topological polar surface area (TPSA) is 40.5 Å². The summed E-state index contributed by atoms with van der Waals surface area (Å²) in [6, 6.07) is 2.19. The molecule has 0 saturated carbocycles. The quantitative estimate of drug-likeness (QED) is 0.900. The van der Waals surface area contributed by atoms with E-state index in [-0.39, 0.29) is 5.92 Å². The van der Waals surface area contributed by atoms with E-state index in [0.717, 1.165) is 19.5 Å². The van der Waals surface area contributed by atoms with E-state index in [0.29, 0.717) is 12.5 Å². The third-order valence-corrected chi connectivity index (χ3v) is 4.19. The van der Waals surface area contributed by atoms with E-state index in [9.17, 15) is 4.79 Å². The Balaban J connectivity index is 1.98. The molecule has 17 heavy (non-hydrogen) atoms. The molecule has 0 spiro atoms. The van der Waals surface area contributed by atoms with Gasteiger partial charge in [-0.25, -0.2) is 0 Å². The van der Waals surface area contributed by atoms with Crippen molar-refractivity contribution < 1.29 is 9.90 Å². The normalized spacial score (nSPS) is 26.0. The lowest BCUT2D eigenvalue weighted by Crippen LogP contribution is -2.41. The number of carboxylic acid groups (broad SMARTS) is 1. The van der Waals surface area contributed by atoms with Crippen LogP contribution in [0.5, 0.6) is 0 Å². The Kier molecular flexibility index (Phi) is 3.84. The molecule has 1 aromatic heterocycles. The first-order chi connectivity index (χ1) is 8.04. The maximum atomic E-state index is 11.1. The second-order valence-electron chi connectivity index (χ2n) is 5.14. The van der Waals surface area contributed by atoms with Gasteiger partial charge in [0.1, 0.15) is 0 Å². The van der Waals surface area contributed by atoms with Crippen LogP contribution in [0.4, 0.5) is 0 Å². The summed E-state index contributed by atoms with van der Waals surface area (Å²) in [6.45, 7) is 6.83. The molecule has 0 amide bonds. The molecule has 1 aliphatic rings. The lowest BCUT2D eigenvalue weighted by atomic mass is 9.90. The fourth-order valence-electron chi connectivity index (χ4n) is 2.61. The van der Waals surface area contributed by atoms with Crippen LogP contribution < -0.4 is 0 Å². The van der Waals surface area contributed by atoms with Gasteiger partial charge in [0.15, 0.2) is 0 Å². The Labute approximate surface area is 106 Å². The van der Waals surface area contributed by atoms with Gasteiger partial charge in [0.25, 0.3) is 0 Å². The lowest BCUT2D eigenvalue weighted by molar-refractivity contribution is -0.144. The Morgan fingerprint density at radius 1 is 1.59 bits per heavy atom. The van der Waals surface area contributed by atoms with Crippen LogP contribution in [-0.4, -0.2) is 29.1 Å². The van der Waals surface area contributed by atoms with Crippen molar-refractivity contribution in [3.63, 3.8) is 0 Å². The molecule has 2 unspecified atom stereocenters. The predicted octanol–water partition coefficient (Wildman–Crippen LogP) is 2.60. The Morgan fingerprint density at radius 3 is 2.94 bits per heavy atom. The van der Waals surface area contributed by atoms with Crippen LogP contribution in [0, 0.1) is 18.8 Å². The summed E-state index contributed by atoms with van der Waals surface area (Å²) < 4.78 is 0. The minimum absolute atomic E-state index is 0.196. The standard InChI is InChI=1S/C13H19NO2S/c1-9-3-12(13(15)16)7-14(5-9)6-11-4-10(2)17-8-11/h4,8-9,12H,3,5-7H2,1-2H3,(H,15,16). The summed E-state index contributed by atoms with van der Waals surface area (Å²) in [5.74, 6) is -0.369. The molecule has 2 rings (SSSR count). The summed E-state index contributed by atoms with van der Waals surface area (Å²) in [4.78, 5) is 14.7. The number of hydrogen-bond acceptors (Lipinski definition) is 3. The third-order valence-electron chi connectivity index (χ3n) is 3.28. The molecule has 1 saturated heterocycles. The van der Waals surface area contributed by atoms with Crippen LogP contribution in [0.25, 0.3) is 0 Å². The van der Waals surface area contributed by atoms with Gasteiger partial charge >= 0.3 is 5.97 Å². The number of nitrogens with zero attached hydrogens (tertiary/aromatic N) is 1. The maximum Gasteiger partial charge on any atom is 0.307 e. The number of aryl methyl sites for hydroxylation is 1. The third kappa shape index (κ3) is 3.30. The Morgan fingerprint density at radius 2 is 2.35 bits per heavy atom. The number of piperidine rings is 1. The number of hydrogen-bond donors (Lipinski definition) is 1. The van der Waals surface area contributed by atoms with E-state index >= 15 is 0 Å². The number of likely N-dealkylation sites (tertiary alicyclic amines) is 1. The van der Waals surface area contributed by atoms with Gasteiger partial charge in [-0.3, -0.25) is 9.69 Å². The first-order valence-electron chi connectivity index (χ1n) is 6.03. The molecule has 1 N–H and O–H groups in total. The van der Waals surface area contributed by atoms with Crippen LogP contribution in [0.3, 0.4) is 0 Å². The minimum Gasteiger partial charge on any atom is -0.481 e. The summed E-state index contributed by atoms with van der Waals surface area (Å²) in [5.41, 5.74) is 1.31. The van der Waals surface area contributed by atoms with Crippen molar-refractivity contribution in [2.45, 2.75) is 26.8 Å². The number of rotatable bonds is 3. The van der Waals surface area contributed by atoms with Crippen LogP contribution in [0.15, 0.2) is 11.4 Å². The van der Waals surface area contributed by atoms with Crippen molar-refractivity contribution in [1.82, 2.24) is 4.90 Å². The minimum atomic E-state index is -0.650. The molecular formula is C13H19NO2S. The van der Waals surface area contributed by atoms with E-state index in [4.69, 9.17) is 5.11 Å². The number of thiophene rings is 1. The molecule has 1 aliphatic heterocycles. The van der Waals surface area contributed by atoms with Crippen LogP contribution in [-0.2, 0) is 11.3 Å². The molecule has 0 bridgehead atoms. The van der Waals surface area contributed by atoms with Crippen LogP contribution >= 0.6 is 11.3 Å². The van der Waals surface area contributed by atoms with Gasteiger partial charge in [-0.05, 0) is 36.3 Å². The number of carbonyl (C=O) groups is 1. The number of aliphatic carboxylic acids is 1. The highest BCUT2D eigenvalue weighted by atomic mass is 32.1. The molecule has 0 aromatic carbocycles. The second-order valence-corrected chi connectivity index (χ2v) is 6.25. The molecule has 0 radical (unpaired) electrons. The summed E-state index contributed by atoms with van der Waals surface area (Å²) in [6.07, 6.45) is 0.814. The molecule has 0 aliphatic carbocycles. The van der Waals surface area contributed by atoms with Gasteiger partial charge in [0.2, 0.25) is 0 Å². The predicted molar refractivity (Wildman–Crippen MR) is 69.2 cm³/mol. The van der Waals surface area contributed by atoms with Gasteiger partial charge in [-0.1, -0.05) is 6.92 Å². The number of carboxylic acids is 1. The van der Waals surface area contributed by atoms with Gasteiger partial charge < -0.3 is 5.11 Å². The SMILES string of the molecule is Cc1cc(CN2CC(C)CC(C(=O)O)C2)cs1. The zero-order valence-electron chi connectivity index (χ0n) is 10.3. The zero-order valence-corrected chi connectivity index (χ0v) is 11.2. The van der Waals surface area contributed by atoms with Gasteiger partial charge in [-0.2, -0.15) is 0 Å². The van der Waals surface area contributed by atoms with Gasteiger partial charge in [0.05, 0.1) is 5.92 Å². The fourth-order valence-corrected chi connectivity index (χ4v) is 3.31. The molecule has 2 atom stereocenters. The molecule has 94 valence electrons. The Hall–Kier alpha value is -0.870. The van der Waals surface area contributed by atoms with E-state index < -0.39 is 5.97 Å². The van der Waals surface area contributed by atoms with Crippen LogP contribution in [0.2, 0.25) is 0 Å². The van der Waals surface area contributed by atoms with Crippen molar-refractivity contribution in [2.75, 3.05) is 13.1 Å². The van der Waals surface area contributed by atoms with Crippen molar-refractivity contribution in [1.29, 1.82) is 0 Å². The zero-order chi connectivity index (χ0) is 12.4. The average molecular weight is 253 g/mol. The monoisotopic (exact) mass is 253 g/mol. The largest absolute Gasteiger partial charge is 0.481 e. The lowest BCUT2D eigenvalue weighted by Gasteiger charge is -2.34. The average Bonchev–Trinajstić information content (AvgIpc) is 2.63. The second kappa shape index (κ2) is 5.19. The van der Waals surface area contributed by atoms with Crippen molar-refractivity contribution in [2.24, 2.45) is 11.8 Å². The maximum absolute atomic E-state index is 11.1. The van der Waals surface area contributed by atoms with Crippen LogP contribution in [0.1, 0.15) is 23.8 Å². The van der Waals surface area contributed by atoms with E-state index in [1.807, 2.05) is 0 Å². The first-order valence-corrected chi connectivity index (χ1v) is 6.91. The molecule has 1 fully saturated rings. The molecule has 2 heterocycles. The molecule has 3 nitrogen and oxygen atoms in total. The van der Waals surface area contributed by atoms with Gasteiger partial charge in [-0.15, -0.1) is 11.3 Å². The van der Waals surface area contributed by atoms with Crippen molar-refractivity contribution in [3.05, 3.63) is 21.9 Å². The van der Waals surface area contributed by atoms with Crippen molar-refractivity contribution >= 4 is 17.3 Å². The smallest absolute Gasteiger partial charge is 0.307 e. The van der Waals surface area contributed by atoms with E-state index in [2.05, 4.69) is 30.2 Å². The first kappa shape index (κ1) is 12.6. The Bertz CT molecular complexity index is 402. The highest BCUT2D eigenvalue weighted by molar-refractivity contribution is 7.10. The molecular weight excluding hydrogens is 234 g/mol. The molecule has 1 aromatic rings. The highest BCUT2D eigenvalue weighted by Crippen LogP contribution is 2.24. The summed E-state index contributed by atoms with van der Waals surface area (Å²) in [7, 11) is 0. The van der Waals surface area contributed by atoms with E-state index in [1.54, 1.807) is 11.3 Å². The van der Waals surface area contributed by atoms with E-state index in [1.165, 1.54) is 10.4 Å². The summed E-state index contributed by atoms with van der Waals surface area (Å²) in [5, 5.41) is 11.3. The summed E-state index contributed by atoms with van der Waals surface area (Å²) >= 11 is 1.76. The fraction of sp³-hybridized carbons (Fsp3) is 0.615. The van der Waals surface area contributed by atoms with Gasteiger partial charge in [0, 0.05) is 24.5 Å². The highest BCUT2D eigenvalue weighted by Gasteiger charge is 2.29.